The summed E-state index contributed by atoms with van der Waals surface area (Å²) in [6.45, 7) is 4.99. The van der Waals surface area contributed by atoms with Gasteiger partial charge in [-0.2, -0.15) is 0 Å². The molecule has 0 spiro atoms. The van der Waals surface area contributed by atoms with Gasteiger partial charge in [-0.1, -0.05) is 36.4 Å². The van der Waals surface area contributed by atoms with Crippen molar-refractivity contribution in [3.63, 3.8) is 0 Å². The molecule has 1 saturated heterocycles. The standard InChI is InChI=1S/C17H21NO4/c1-2-14-11-18(9-8-15(14)10-16(19)20)17(21)22-12-13-6-4-3-5-7-13/h2-7,14-15H,1,8-12H2,(H,19,20)/t14?,15-/m0/s1. The van der Waals surface area contributed by atoms with Gasteiger partial charge in [0.2, 0.25) is 0 Å². The monoisotopic (exact) mass is 303 g/mol. The van der Waals surface area contributed by atoms with Gasteiger partial charge in [0.1, 0.15) is 6.61 Å². The van der Waals surface area contributed by atoms with E-state index in [-0.39, 0.29) is 31.0 Å². The van der Waals surface area contributed by atoms with Crippen molar-refractivity contribution in [1.29, 1.82) is 0 Å². The van der Waals surface area contributed by atoms with Crippen molar-refractivity contribution in [2.45, 2.75) is 19.4 Å². The van der Waals surface area contributed by atoms with Crippen molar-refractivity contribution >= 4 is 12.1 Å². The molecule has 1 aliphatic heterocycles. The maximum absolute atomic E-state index is 12.1. The molecule has 0 bridgehead atoms. The van der Waals surface area contributed by atoms with Crippen LogP contribution in [-0.2, 0) is 16.1 Å². The van der Waals surface area contributed by atoms with Gasteiger partial charge in [0.25, 0.3) is 0 Å². The van der Waals surface area contributed by atoms with Crippen LogP contribution in [0.4, 0.5) is 4.79 Å². The van der Waals surface area contributed by atoms with Crippen LogP contribution in [0.25, 0.3) is 0 Å². The number of likely N-dealkylation sites (tertiary alicyclic amines) is 1. The Labute approximate surface area is 130 Å². The molecule has 2 atom stereocenters. The molecule has 1 aliphatic rings. The number of nitrogens with zero attached hydrogens (tertiary/aromatic N) is 1. The number of benzene rings is 1. The van der Waals surface area contributed by atoms with Crippen LogP contribution < -0.4 is 0 Å². The number of piperidine rings is 1. The predicted octanol–water partition coefficient (Wildman–Crippen LogP) is 2.92. The molecule has 0 aliphatic carbocycles. The number of carbonyl (C=O) groups excluding carboxylic acids is 1. The van der Waals surface area contributed by atoms with Crippen molar-refractivity contribution in [3.05, 3.63) is 48.6 Å². The van der Waals surface area contributed by atoms with Crippen LogP contribution >= 0.6 is 0 Å². The Morgan fingerprint density at radius 1 is 1.36 bits per heavy atom. The minimum absolute atomic E-state index is 0.00544. The highest BCUT2D eigenvalue weighted by molar-refractivity contribution is 5.68. The van der Waals surface area contributed by atoms with Gasteiger partial charge in [0.15, 0.2) is 0 Å². The lowest BCUT2D eigenvalue weighted by atomic mass is 9.83. The van der Waals surface area contributed by atoms with Gasteiger partial charge < -0.3 is 14.7 Å². The SMILES string of the molecule is C=CC1CN(C(=O)OCc2ccccc2)CC[C@H]1CC(=O)O. The third kappa shape index (κ3) is 4.35. The number of ether oxygens (including phenoxy) is 1. The first-order valence-electron chi connectivity index (χ1n) is 7.40. The largest absolute Gasteiger partial charge is 0.481 e. The lowest BCUT2D eigenvalue weighted by Gasteiger charge is -2.36. The maximum Gasteiger partial charge on any atom is 0.410 e. The van der Waals surface area contributed by atoms with E-state index in [4.69, 9.17) is 9.84 Å². The first-order chi connectivity index (χ1) is 10.6. The fourth-order valence-corrected chi connectivity index (χ4v) is 2.75. The Kier molecular flexibility index (Phi) is 5.58. The molecular weight excluding hydrogens is 282 g/mol. The number of carboxylic acid groups (broad SMARTS) is 1. The van der Waals surface area contributed by atoms with E-state index >= 15 is 0 Å². The summed E-state index contributed by atoms with van der Waals surface area (Å²) in [7, 11) is 0. The Morgan fingerprint density at radius 2 is 2.09 bits per heavy atom. The molecular formula is C17H21NO4. The molecule has 1 amide bonds. The van der Waals surface area contributed by atoms with Crippen molar-refractivity contribution in [2.75, 3.05) is 13.1 Å². The van der Waals surface area contributed by atoms with Crippen molar-refractivity contribution < 1.29 is 19.4 Å². The molecule has 118 valence electrons. The topological polar surface area (TPSA) is 66.8 Å². The minimum Gasteiger partial charge on any atom is -0.481 e. The third-order valence-electron chi connectivity index (χ3n) is 4.01. The second-order valence-corrected chi connectivity index (χ2v) is 5.53. The van der Waals surface area contributed by atoms with Crippen molar-refractivity contribution in [2.24, 2.45) is 11.8 Å². The van der Waals surface area contributed by atoms with Gasteiger partial charge in [0, 0.05) is 19.5 Å². The maximum atomic E-state index is 12.1. The molecule has 1 aromatic carbocycles. The van der Waals surface area contributed by atoms with Gasteiger partial charge in [-0.05, 0) is 23.8 Å². The zero-order valence-electron chi connectivity index (χ0n) is 12.5. The quantitative estimate of drug-likeness (QED) is 0.849. The molecule has 1 N–H and O–H groups in total. The lowest BCUT2D eigenvalue weighted by Crippen LogP contribution is -2.43. The zero-order chi connectivity index (χ0) is 15.9. The van der Waals surface area contributed by atoms with Crippen LogP contribution in [0.2, 0.25) is 0 Å². The minimum atomic E-state index is -0.808. The van der Waals surface area contributed by atoms with Gasteiger partial charge in [-0.3, -0.25) is 4.79 Å². The Balaban J connectivity index is 1.86. The number of carbonyl (C=O) groups is 2. The number of amides is 1. The highest BCUT2D eigenvalue weighted by Gasteiger charge is 2.31. The molecule has 2 rings (SSSR count). The van der Waals surface area contributed by atoms with Crippen LogP contribution in [0, 0.1) is 11.8 Å². The normalized spacial score (nSPS) is 21.2. The lowest BCUT2D eigenvalue weighted by molar-refractivity contribution is -0.138. The average molecular weight is 303 g/mol. The van der Waals surface area contributed by atoms with Gasteiger partial charge in [-0.15, -0.1) is 6.58 Å². The van der Waals surface area contributed by atoms with Crippen molar-refractivity contribution in [3.8, 4) is 0 Å². The molecule has 0 radical (unpaired) electrons. The van der Waals surface area contributed by atoms with E-state index in [1.165, 1.54) is 0 Å². The number of hydrogen-bond acceptors (Lipinski definition) is 3. The summed E-state index contributed by atoms with van der Waals surface area (Å²) in [6.07, 6.45) is 2.15. The Morgan fingerprint density at radius 3 is 2.73 bits per heavy atom. The summed E-state index contributed by atoms with van der Waals surface area (Å²) in [6, 6.07) is 9.51. The van der Waals surface area contributed by atoms with Gasteiger partial charge >= 0.3 is 12.1 Å². The summed E-state index contributed by atoms with van der Waals surface area (Å²) in [5.41, 5.74) is 0.942. The predicted molar refractivity (Wildman–Crippen MR) is 82.2 cm³/mol. The van der Waals surface area contributed by atoms with E-state index in [1.807, 2.05) is 30.3 Å². The fourth-order valence-electron chi connectivity index (χ4n) is 2.75. The fraction of sp³-hybridized carbons (Fsp3) is 0.412. The van der Waals surface area contributed by atoms with Crippen LogP contribution in [0.5, 0.6) is 0 Å². The molecule has 1 heterocycles. The van der Waals surface area contributed by atoms with Crippen LogP contribution in [-0.4, -0.2) is 35.2 Å². The molecule has 0 saturated carbocycles. The first kappa shape index (κ1) is 16.1. The number of aliphatic carboxylic acids is 1. The van der Waals surface area contributed by atoms with Crippen LogP contribution in [0.1, 0.15) is 18.4 Å². The number of carboxylic acids is 1. The van der Waals surface area contributed by atoms with Crippen LogP contribution in [0.3, 0.4) is 0 Å². The summed E-state index contributed by atoms with van der Waals surface area (Å²) in [5.74, 6) is -0.778. The highest BCUT2D eigenvalue weighted by Crippen LogP contribution is 2.27. The van der Waals surface area contributed by atoms with E-state index < -0.39 is 5.97 Å². The summed E-state index contributed by atoms with van der Waals surface area (Å²) in [5, 5.41) is 8.92. The van der Waals surface area contributed by atoms with Crippen LogP contribution in [0.15, 0.2) is 43.0 Å². The van der Waals surface area contributed by atoms with Crippen molar-refractivity contribution in [1.82, 2.24) is 4.90 Å². The molecule has 5 heteroatoms. The molecule has 1 fully saturated rings. The molecule has 0 aromatic heterocycles. The van der Waals surface area contributed by atoms with E-state index in [1.54, 1.807) is 11.0 Å². The Bertz CT molecular complexity index is 529. The summed E-state index contributed by atoms with van der Waals surface area (Å²) in [4.78, 5) is 24.6. The smallest absolute Gasteiger partial charge is 0.410 e. The first-order valence-corrected chi connectivity index (χ1v) is 7.40. The molecule has 5 nitrogen and oxygen atoms in total. The summed E-state index contributed by atoms with van der Waals surface area (Å²) >= 11 is 0. The highest BCUT2D eigenvalue weighted by atomic mass is 16.6. The van der Waals surface area contributed by atoms with E-state index in [0.717, 1.165) is 5.56 Å². The Hall–Kier alpha value is -2.30. The van der Waals surface area contributed by atoms with E-state index in [2.05, 4.69) is 6.58 Å². The number of hydrogen-bond donors (Lipinski definition) is 1. The van der Waals surface area contributed by atoms with Gasteiger partial charge in [0.05, 0.1) is 0 Å². The number of rotatable bonds is 5. The second-order valence-electron chi connectivity index (χ2n) is 5.53. The molecule has 1 aromatic rings. The zero-order valence-corrected chi connectivity index (χ0v) is 12.5. The van der Waals surface area contributed by atoms with E-state index in [0.29, 0.717) is 19.5 Å². The third-order valence-corrected chi connectivity index (χ3v) is 4.01. The molecule has 1 unspecified atom stereocenters. The van der Waals surface area contributed by atoms with Gasteiger partial charge in [-0.25, -0.2) is 4.79 Å². The summed E-state index contributed by atoms with van der Waals surface area (Å²) < 4.78 is 5.31. The van der Waals surface area contributed by atoms with E-state index in [9.17, 15) is 9.59 Å². The molecule has 22 heavy (non-hydrogen) atoms. The second kappa shape index (κ2) is 7.64. The average Bonchev–Trinajstić information content (AvgIpc) is 2.53.